The van der Waals surface area contributed by atoms with Crippen LogP contribution in [0.1, 0.15) is 46.9 Å². The summed E-state index contributed by atoms with van der Waals surface area (Å²) in [5.74, 6) is -0.342. The maximum Gasteiger partial charge on any atom is 0.335 e. The van der Waals surface area contributed by atoms with E-state index >= 15 is 0 Å². The van der Waals surface area contributed by atoms with Gasteiger partial charge in [-0.05, 0) is 55.3 Å². The van der Waals surface area contributed by atoms with E-state index < -0.39 is 5.97 Å². The highest BCUT2D eigenvalue weighted by Crippen LogP contribution is 2.19. The van der Waals surface area contributed by atoms with Gasteiger partial charge in [0, 0.05) is 13.1 Å². The van der Waals surface area contributed by atoms with Crippen molar-refractivity contribution >= 4 is 12.0 Å². The molecule has 0 saturated heterocycles. The van der Waals surface area contributed by atoms with Crippen molar-refractivity contribution in [3.63, 3.8) is 0 Å². The molecule has 3 N–H and O–H groups in total. The Kier molecular flexibility index (Phi) is 8.21. The normalized spacial score (nSPS) is 12.1. The first-order valence-electron chi connectivity index (χ1n) is 9.85. The maximum atomic E-state index is 12.2. The number of hydrogen-bond donors (Lipinski definition) is 3. The molecule has 2 amide bonds. The monoisotopic (exact) mass is 397 g/mol. The lowest BCUT2D eigenvalue weighted by Crippen LogP contribution is -2.40. The summed E-state index contributed by atoms with van der Waals surface area (Å²) in [6, 6.07) is 14.9. The molecular weight excluding hydrogens is 366 g/mol. The molecule has 1 unspecified atom stereocenters. The average molecular weight is 398 g/mol. The third-order valence-corrected chi connectivity index (χ3v) is 4.74. The van der Waals surface area contributed by atoms with Gasteiger partial charge in [-0.2, -0.15) is 0 Å². The number of carbonyl (C=O) groups is 2. The second kappa shape index (κ2) is 10.6. The average Bonchev–Trinajstić information content (AvgIpc) is 2.67. The van der Waals surface area contributed by atoms with Crippen LogP contribution < -0.4 is 10.6 Å². The molecule has 1 atom stereocenters. The van der Waals surface area contributed by atoms with Gasteiger partial charge in [0.05, 0.1) is 11.6 Å². The first-order chi connectivity index (χ1) is 13.8. The molecule has 0 aromatic heterocycles. The fraction of sp³-hybridized carbons (Fsp3) is 0.391. The van der Waals surface area contributed by atoms with Crippen molar-refractivity contribution in [2.45, 2.75) is 32.9 Å². The summed E-state index contributed by atoms with van der Waals surface area (Å²) in [5.41, 5.74) is 3.55. The summed E-state index contributed by atoms with van der Waals surface area (Å²) in [6.45, 7) is 5.24. The molecule has 156 valence electrons. The second-order valence-electron chi connectivity index (χ2n) is 7.88. The molecule has 29 heavy (non-hydrogen) atoms. The van der Waals surface area contributed by atoms with E-state index in [0.717, 1.165) is 17.5 Å². The Morgan fingerprint density at radius 2 is 1.52 bits per heavy atom. The van der Waals surface area contributed by atoms with Gasteiger partial charge in [-0.15, -0.1) is 0 Å². The van der Waals surface area contributed by atoms with Crippen LogP contribution in [0, 0.1) is 5.92 Å². The highest BCUT2D eigenvalue weighted by molar-refractivity contribution is 5.87. The zero-order valence-corrected chi connectivity index (χ0v) is 17.6. The zero-order chi connectivity index (χ0) is 21.4. The number of rotatable bonds is 9. The lowest BCUT2D eigenvalue weighted by molar-refractivity contribution is 0.0697. The van der Waals surface area contributed by atoms with Gasteiger partial charge in [0.15, 0.2) is 0 Å². The quantitative estimate of drug-likeness (QED) is 0.603. The van der Waals surface area contributed by atoms with Gasteiger partial charge in [-0.3, -0.25) is 0 Å². The molecule has 2 aromatic carbocycles. The molecule has 0 aliphatic rings. The molecule has 0 heterocycles. The zero-order valence-electron chi connectivity index (χ0n) is 17.6. The number of carboxylic acids is 1. The number of carboxylic acid groups (broad SMARTS) is 1. The largest absolute Gasteiger partial charge is 0.478 e. The highest BCUT2D eigenvalue weighted by atomic mass is 16.4. The first kappa shape index (κ1) is 22.4. The number of benzene rings is 2. The highest BCUT2D eigenvalue weighted by Gasteiger charge is 2.15. The Morgan fingerprint density at radius 3 is 2.03 bits per heavy atom. The topological polar surface area (TPSA) is 81.7 Å². The molecule has 0 aliphatic heterocycles. The van der Waals surface area contributed by atoms with Crippen LogP contribution in [0.5, 0.6) is 0 Å². The molecule has 0 fully saturated rings. The Morgan fingerprint density at radius 1 is 0.931 bits per heavy atom. The van der Waals surface area contributed by atoms with Gasteiger partial charge in [0.1, 0.15) is 0 Å². The van der Waals surface area contributed by atoms with Crippen LogP contribution in [0.3, 0.4) is 0 Å². The first-order valence-corrected chi connectivity index (χ1v) is 9.85. The summed E-state index contributed by atoms with van der Waals surface area (Å²) in [5, 5.41) is 14.7. The van der Waals surface area contributed by atoms with Gasteiger partial charge in [0.2, 0.25) is 0 Å². The molecule has 6 nitrogen and oxygen atoms in total. The van der Waals surface area contributed by atoms with E-state index in [0.29, 0.717) is 19.0 Å². The van der Waals surface area contributed by atoms with Gasteiger partial charge in [0.25, 0.3) is 0 Å². The lowest BCUT2D eigenvalue weighted by atomic mass is 9.99. The fourth-order valence-corrected chi connectivity index (χ4v) is 3.15. The van der Waals surface area contributed by atoms with Crippen molar-refractivity contribution in [1.82, 2.24) is 15.5 Å². The van der Waals surface area contributed by atoms with Gasteiger partial charge >= 0.3 is 12.0 Å². The molecule has 0 saturated carbocycles. The van der Waals surface area contributed by atoms with E-state index in [1.807, 2.05) is 14.1 Å². The standard InChI is InChI=1S/C23H31N3O3/c1-16(2)13-17-5-9-19(10-6-17)21(26(3)4)15-25-23(29)24-14-18-7-11-20(12-8-18)22(27)28/h5-12,16,21H,13-15H2,1-4H3,(H,27,28)(H2,24,25,29). The van der Waals surface area contributed by atoms with Crippen LogP contribution >= 0.6 is 0 Å². The Bertz CT molecular complexity index is 799. The van der Waals surface area contributed by atoms with Gasteiger partial charge in [-0.25, -0.2) is 9.59 Å². The molecule has 2 rings (SSSR count). The van der Waals surface area contributed by atoms with Crippen LogP contribution in [0.15, 0.2) is 48.5 Å². The minimum Gasteiger partial charge on any atom is -0.478 e. The maximum absolute atomic E-state index is 12.2. The second-order valence-corrected chi connectivity index (χ2v) is 7.88. The number of hydrogen-bond acceptors (Lipinski definition) is 3. The van der Waals surface area contributed by atoms with Crippen molar-refractivity contribution in [1.29, 1.82) is 0 Å². The number of nitrogens with zero attached hydrogens (tertiary/aromatic N) is 1. The van der Waals surface area contributed by atoms with E-state index in [2.05, 4.69) is 53.6 Å². The van der Waals surface area contributed by atoms with Crippen molar-refractivity contribution in [3.05, 3.63) is 70.8 Å². The predicted molar refractivity (Wildman–Crippen MR) is 115 cm³/mol. The number of likely N-dealkylation sites (N-methyl/N-ethyl adjacent to an activating group) is 1. The van der Waals surface area contributed by atoms with Crippen LogP contribution in [-0.2, 0) is 13.0 Å². The third-order valence-electron chi connectivity index (χ3n) is 4.74. The Hall–Kier alpha value is -2.86. The third kappa shape index (κ3) is 7.23. The molecule has 0 spiro atoms. The van der Waals surface area contributed by atoms with E-state index in [4.69, 9.17) is 5.11 Å². The Labute approximate surface area is 172 Å². The molecule has 2 aromatic rings. The van der Waals surface area contributed by atoms with Gasteiger partial charge in [-0.1, -0.05) is 50.2 Å². The SMILES string of the molecule is CC(C)Cc1ccc(C(CNC(=O)NCc2ccc(C(=O)O)cc2)N(C)C)cc1. The van der Waals surface area contributed by atoms with Crippen LogP contribution in [0.2, 0.25) is 0 Å². The van der Waals surface area contributed by atoms with Gasteiger partial charge < -0.3 is 20.6 Å². The van der Waals surface area contributed by atoms with Crippen molar-refractivity contribution in [2.75, 3.05) is 20.6 Å². The molecule has 0 radical (unpaired) electrons. The summed E-state index contributed by atoms with van der Waals surface area (Å²) >= 11 is 0. The lowest BCUT2D eigenvalue weighted by Gasteiger charge is -2.25. The summed E-state index contributed by atoms with van der Waals surface area (Å²) < 4.78 is 0. The number of urea groups is 1. The fourth-order valence-electron chi connectivity index (χ4n) is 3.15. The Balaban J connectivity index is 1.87. The number of carbonyl (C=O) groups excluding carboxylic acids is 1. The van der Waals surface area contributed by atoms with Crippen molar-refractivity contribution in [2.24, 2.45) is 5.92 Å². The molecular formula is C23H31N3O3. The molecule has 6 heteroatoms. The van der Waals surface area contributed by atoms with E-state index in [1.165, 1.54) is 17.7 Å². The summed E-state index contributed by atoms with van der Waals surface area (Å²) in [7, 11) is 3.99. The summed E-state index contributed by atoms with van der Waals surface area (Å²) in [6.07, 6.45) is 1.06. The number of nitrogens with one attached hydrogen (secondary N) is 2. The molecule has 0 aliphatic carbocycles. The van der Waals surface area contributed by atoms with Crippen LogP contribution in [0.25, 0.3) is 0 Å². The van der Waals surface area contributed by atoms with E-state index in [1.54, 1.807) is 12.1 Å². The minimum atomic E-state index is -0.964. The van der Waals surface area contributed by atoms with E-state index in [-0.39, 0.29) is 17.6 Å². The van der Waals surface area contributed by atoms with E-state index in [9.17, 15) is 9.59 Å². The van der Waals surface area contributed by atoms with Crippen LogP contribution in [0.4, 0.5) is 4.79 Å². The smallest absolute Gasteiger partial charge is 0.335 e. The number of amides is 2. The van der Waals surface area contributed by atoms with Crippen molar-refractivity contribution in [3.8, 4) is 0 Å². The number of aromatic carboxylic acids is 1. The minimum absolute atomic E-state index is 0.0729. The predicted octanol–water partition coefficient (Wildman–Crippen LogP) is 3.69. The molecule has 0 bridgehead atoms. The summed E-state index contributed by atoms with van der Waals surface area (Å²) in [4.78, 5) is 25.2. The van der Waals surface area contributed by atoms with Crippen LogP contribution in [-0.4, -0.2) is 42.6 Å². The van der Waals surface area contributed by atoms with Crippen molar-refractivity contribution < 1.29 is 14.7 Å².